The quantitative estimate of drug-likeness (QED) is 0.288. The molecule has 0 amide bonds. The third-order valence-electron chi connectivity index (χ3n) is 4.61. The third kappa shape index (κ3) is 5.90. The van der Waals surface area contributed by atoms with Crippen LogP contribution in [0.5, 0.6) is 0 Å². The Hall–Kier alpha value is -2.38. The van der Waals surface area contributed by atoms with Gasteiger partial charge in [-0.05, 0) is 54.3 Å². The monoisotopic (exact) mass is 535 g/mol. The Labute approximate surface area is 191 Å². The molecule has 2 N–H and O–H groups in total. The molecule has 170 valence electrons. The summed E-state index contributed by atoms with van der Waals surface area (Å²) in [7, 11) is 0. The Morgan fingerprint density at radius 1 is 1.25 bits per heavy atom. The first-order valence-electron chi connectivity index (χ1n) is 9.10. The van der Waals surface area contributed by atoms with Crippen LogP contribution in [0.2, 0.25) is 0 Å². The van der Waals surface area contributed by atoms with E-state index in [1.165, 1.54) is 12.1 Å². The van der Waals surface area contributed by atoms with Crippen molar-refractivity contribution >= 4 is 34.0 Å². The number of aromatic nitrogens is 3. The van der Waals surface area contributed by atoms with Crippen molar-refractivity contribution in [3.63, 3.8) is 0 Å². The van der Waals surface area contributed by atoms with Crippen LogP contribution in [-0.4, -0.2) is 14.2 Å². The lowest BCUT2D eigenvalue weighted by atomic mass is 10.00. The van der Waals surface area contributed by atoms with Crippen LogP contribution in [0.3, 0.4) is 0 Å². The fourth-order valence-electron chi connectivity index (χ4n) is 2.85. The zero-order chi connectivity index (χ0) is 23.5. The van der Waals surface area contributed by atoms with Crippen LogP contribution in [-0.2, 0) is 6.18 Å². The fraction of sp³-hybridized carbons (Fsp3) is 0.263. The van der Waals surface area contributed by atoms with Gasteiger partial charge < -0.3 is 5.73 Å². The van der Waals surface area contributed by atoms with Gasteiger partial charge in [-0.15, -0.1) is 8.79 Å². The van der Waals surface area contributed by atoms with Gasteiger partial charge >= 0.3 is 6.18 Å². The summed E-state index contributed by atoms with van der Waals surface area (Å²) in [6.45, 7) is 0. The minimum atomic E-state index is -4.47. The fourth-order valence-corrected chi connectivity index (χ4v) is 3.55. The summed E-state index contributed by atoms with van der Waals surface area (Å²) in [6, 6.07) is 5.82. The predicted molar refractivity (Wildman–Crippen MR) is 114 cm³/mol. The van der Waals surface area contributed by atoms with E-state index < -0.39 is 11.9 Å². The Morgan fingerprint density at radius 2 is 1.97 bits per heavy atom. The largest absolute Gasteiger partial charge is 0.433 e. The van der Waals surface area contributed by atoms with E-state index >= 15 is 0 Å². The molecule has 0 aliphatic heterocycles. The van der Waals surface area contributed by atoms with Crippen LogP contribution < -0.4 is 5.73 Å². The molecule has 1 aliphatic rings. The molecule has 1 saturated carbocycles. The van der Waals surface area contributed by atoms with Gasteiger partial charge in [0.1, 0.15) is 17.2 Å². The highest BCUT2D eigenvalue weighted by Crippen LogP contribution is 2.43. The predicted octanol–water partition coefficient (Wildman–Crippen LogP) is 6.74. The SMILES string of the molecule is NC(c1cn(SF)nc1-c1cc(F)ccc1Br)C1CC1.O=Nc1ccc(C(F)(F)F)nc1. The summed E-state index contributed by atoms with van der Waals surface area (Å²) in [6.07, 6.45) is 0.0231. The number of nitroso groups, excluding NO2 is 1. The number of benzene rings is 1. The summed E-state index contributed by atoms with van der Waals surface area (Å²) in [5.74, 6) is 0.0416. The van der Waals surface area contributed by atoms with Crippen LogP contribution in [0.1, 0.15) is 30.1 Å². The van der Waals surface area contributed by atoms with Gasteiger partial charge in [0, 0.05) is 27.8 Å². The van der Waals surface area contributed by atoms with Crippen molar-refractivity contribution in [3.8, 4) is 11.3 Å². The van der Waals surface area contributed by atoms with Crippen LogP contribution in [0, 0.1) is 16.6 Å². The molecule has 1 aliphatic carbocycles. The average Bonchev–Trinajstić information content (AvgIpc) is 3.53. The van der Waals surface area contributed by atoms with Gasteiger partial charge in [-0.1, -0.05) is 15.9 Å². The molecule has 13 heteroatoms. The van der Waals surface area contributed by atoms with Gasteiger partial charge in [0.15, 0.2) is 12.3 Å². The molecular formula is C19H15BrF5N5OS. The standard InChI is InChI=1S/C13H12BrF2N3S.C6H3F3N2O/c14-11-4-3-8(15)5-9(11)13-10(6-19(18-13)20-16)12(17)7-1-2-7;7-6(8,9)5-2-1-4(11-12)3-10-5/h3-7,12H,1-2,17H2;1-3H. The van der Waals surface area contributed by atoms with Gasteiger partial charge in [0.2, 0.25) is 0 Å². The average molecular weight is 536 g/mol. The lowest BCUT2D eigenvalue weighted by molar-refractivity contribution is -0.141. The van der Waals surface area contributed by atoms with Crippen LogP contribution in [0.25, 0.3) is 11.3 Å². The van der Waals surface area contributed by atoms with Crippen LogP contribution >= 0.6 is 28.3 Å². The van der Waals surface area contributed by atoms with E-state index in [0.717, 1.165) is 34.8 Å². The lowest BCUT2D eigenvalue weighted by Crippen LogP contribution is -2.12. The van der Waals surface area contributed by atoms with Gasteiger partial charge in [0.05, 0.1) is 11.9 Å². The van der Waals surface area contributed by atoms with Crippen molar-refractivity contribution < 1.29 is 21.4 Å². The summed E-state index contributed by atoms with van der Waals surface area (Å²) in [4.78, 5) is 12.8. The molecule has 2 aromatic heterocycles. The Balaban J connectivity index is 0.000000207. The molecule has 0 bridgehead atoms. The number of rotatable bonds is 5. The molecule has 2 heterocycles. The van der Waals surface area contributed by atoms with Crippen molar-refractivity contribution in [2.45, 2.75) is 25.1 Å². The molecule has 0 radical (unpaired) electrons. The normalized spacial score (nSPS) is 14.5. The van der Waals surface area contributed by atoms with Crippen molar-refractivity contribution in [2.75, 3.05) is 0 Å². The second-order valence-corrected chi connectivity index (χ2v) is 8.25. The molecule has 32 heavy (non-hydrogen) atoms. The Kier molecular flexibility index (Phi) is 7.62. The van der Waals surface area contributed by atoms with Gasteiger partial charge in [-0.25, -0.2) is 9.37 Å². The smallest absolute Gasteiger partial charge is 0.324 e. The summed E-state index contributed by atoms with van der Waals surface area (Å²) in [5.41, 5.74) is 6.92. The number of hydrogen-bond acceptors (Lipinski definition) is 6. The first-order valence-corrected chi connectivity index (χ1v) is 10.6. The van der Waals surface area contributed by atoms with Crippen molar-refractivity contribution in [2.24, 2.45) is 16.8 Å². The van der Waals surface area contributed by atoms with E-state index in [1.54, 1.807) is 12.3 Å². The topological polar surface area (TPSA) is 86.2 Å². The number of nitrogens with two attached hydrogens (primary N) is 1. The number of hydrogen-bond donors (Lipinski definition) is 1. The molecule has 1 unspecified atom stereocenters. The highest BCUT2D eigenvalue weighted by atomic mass is 79.9. The first-order chi connectivity index (χ1) is 15.1. The minimum absolute atomic E-state index is 0.00100. The molecule has 0 spiro atoms. The zero-order valence-electron chi connectivity index (χ0n) is 16.1. The maximum absolute atomic E-state index is 13.5. The Morgan fingerprint density at radius 3 is 2.50 bits per heavy atom. The van der Waals surface area contributed by atoms with Crippen molar-refractivity contribution in [3.05, 3.63) is 69.2 Å². The molecule has 6 nitrogen and oxygen atoms in total. The summed E-state index contributed by atoms with van der Waals surface area (Å²) < 4.78 is 63.6. The molecule has 4 rings (SSSR count). The molecular weight excluding hydrogens is 521 g/mol. The van der Waals surface area contributed by atoms with Crippen molar-refractivity contribution in [1.82, 2.24) is 14.2 Å². The van der Waals surface area contributed by atoms with Crippen molar-refractivity contribution in [1.29, 1.82) is 0 Å². The molecule has 1 atom stereocenters. The maximum Gasteiger partial charge on any atom is 0.433 e. The molecule has 3 aromatic rings. The van der Waals surface area contributed by atoms with E-state index in [4.69, 9.17) is 5.73 Å². The number of pyridine rings is 1. The van der Waals surface area contributed by atoms with Gasteiger partial charge in [-0.2, -0.15) is 22.4 Å². The molecule has 1 fully saturated rings. The second kappa shape index (κ2) is 10.0. The Bertz CT molecular complexity index is 1090. The first kappa shape index (κ1) is 24.3. The van der Waals surface area contributed by atoms with E-state index in [0.29, 0.717) is 27.7 Å². The lowest BCUT2D eigenvalue weighted by Gasteiger charge is -2.11. The van der Waals surface area contributed by atoms with E-state index in [1.807, 2.05) is 0 Å². The van der Waals surface area contributed by atoms with Crippen LogP contribution in [0.4, 0.5) is 27.1 Å². The summed E-state index contributed by atoms with van der Waals surface area (Å²) in [5, 5.41) is 6.57. The second-order valence-electron chi connectivity index (χ2n) is 6.88. The third-order valence-corrected chi connectivity index (χ3v) is 5.63. The zero-order valence-corrected chi connectivity index (χ0v) is 18.5. The minimum Gasteiger partial charge on any atom is -0.324 e. The van der Waals surface area contributed by atoms with Gasteiger partial charge in [0.25, 0.3) is 0 Å². The molecule has 1 aromatic carbocycles. The van der Waals surface area contributed by atoms with E-state index in [9.17, 15) is 26.4 Å². The summed E-state index contributed by atoms with van der Waals surface area (Å²) >= 11 is 3.38. The van der Waals surface area contributed by atoms with Gasteiger partial charge in [-0.3, -0.25) is 0 Å². The number of alkyl halides is 3. The van der Waals surface area contributed by atoms with E-state index in [-0.39, 0.29) is 29.9 Å². The highest BCUT2D eigenvalue weighted by molar-refractivity contribution is 9.10. The highest BCUT2D eigenvalue weighted by Gasteiger charge is 2.33. The van der Waals surface area contributed by atoms with E-state index in [2.05, 4.69) is 31.2 Å². The molecule has 0 saturated heterocycles. The number of nitrogens with zero attached hydrogens (tertiary/aromatic N) is 4. The van der Waals surface area contributed by atoms with Crippen LogP contribution in [0.15, 0.2) is 52.4 Å². The number of halogens is 6. The maximum atomic E-state index is 13.5.